The Bertz CT molecular complexity index is 901. The molecule has 3 N–H and O–H groups in total. The highest BCUT2D eigenvalue weighted by molar-refractivity contribution is 7.80. The third-order valence-electron chi connectivity index (χ3n) is 4.87. The highest BCUT2D eigenvalue weighted by Gasteiger charge is 2.19. The SMILES string of the molecule is CC1=C(c2ccc(NC(=O)c3c(C)cccc3F)cc2)CN(C(N)=S)CC1. The number of thiocarbonyl (C=S) groups is 1. The molecule has 1 aliphatic heterocycles. The van der Waals surface area contributed by atoms with Crippen molar-refractivity contribution in [2.24, 2.45) is 5.73 Å². The molecular formula is C21H22FN3OS. The predicted octanol–water partition coefficient (Wildman–Crippen LogP) is 4.11. The number of hydrogen-bond donors (Lipinski definition) is 2. The molecule has 140 valence electrons. The van der Waals surface area contributed by atoms with Gasteiger partial charge in [-0.2, -0.15) is 0 Å². The van der Waals surface area contributed by atoms with E-state index in [2.05, 4.69) is 12.2 Å². The molecule has 3 rings (SSSR count). The summed E-state index contributed by atoms with van der Waals surface area (Å²) < 4.78 is 14.0. The number of carbonyl (C=O) groups excluding carboxylic acids is 1. The van der Waals surface area contributed by atoms with E-state index in [0.29, 0.717) is 22.9 Å². The van der Waals surface area contributed by atoms with Crippen molar-refractivity contribution < 1.29 is 9.18 Å². The molecule has 0 bridgehead atoms. The first kappa shape index (κ1) is 19.0. The Labute approximate surface area is 163 Å². The van der Waals surface area contributed by atoms with Crippen LogP contribution in [0.4, 0.5) is 10.1 Å². The summed E-state index contributed by atoms with van der Waals surface area (Å²) in [6, 6.07) is 12.1. The average molecular weight is 383 g/mol. The molecule has 0 radical (unpaired) electrons. The van der Waals surface area contributed by atoms with Gasteiger partial charge in [-0.3, -0.25) is 4.79 Å². The summed E-state index contributed by atoms with van der Waals surface area (Å²) in [5.74, 6) is -0.976. The van der Waals surface area contributed by atoms with E-state index in [9.17, 15) is 9.18 Å². The van der Waals surface area contributed by atoms with E-state index < -0.39 is 11.7 Å². The maximum absolute atomic E-state index is 14.0. The number of halogens is 1. The van der Waals surface area contributed by atoms with Gasteiger partial charge in [0, 0.05) is 18.8 Å². The lowest BCUT2D eigenvalue weighted by Gasteiger charge is -2.30. The van der Waals surface area contributed by atoms with Gasteiger partial charge in [-0.25, -0.2) is 4.39 Å². The number of nitrogens with one attached hydrogen (secondary N) is 1. The van der Waals surface area contributed by atoms with Crippen LogP contribution in [-0.4, -0.2) is 29.0 Å². The second kappa shape index (κ2) is 7.88. The van der Waals surface area contributed by atoms with Crippen molar-refractivity contribution in [2.45, 2.75) is 20.3 Å². The van der Waals surface area contributed by atoms with Crippen LogP contribution < -0.4 is 11.1 Å². The van der Waals surface area contributed by atoms with Gasteiger partial charge in [0.25, 0.3) is 5.91 Å². The van der Waals surface area contributed by atoms with Crippen molar-refractivity contribution in [3.8, 4) is 0 Å². The van der Waals surface area contributed by atoms with Crippen LogP contribution in [0.25, 0.3) is 5.57 Å². The maximum Gasteiger partial charge on any atom is 0.258 e. The van der Waals surface area contributed by atoms with Crippen LogP contribution >= 0.6 is 12.2 Å². The smallest absolute Gasteiger partial charge is 0.258 e. The molecule has 0 fully saturated rings. The first-order valence-electron chi connectivity index (χ1n) is 8.76. The molecule has 1 heterocycles. The van der Waals surface area contributed by atoms with Gasteiger partial charge < -0.3 is 16.0 Å². The summed E-state index contributed by atoms with van der Waals surface area (Å²) >= 11 is 5.10. The molecule has 2 aromatic carbocycles. The van der Waals surface area contributed by atoms with E-state index >= 15 is 0 Å². The van der Waals surface area contributed by atoms with Crippen LogP contribution in [0.1, 0.15) is 34.8 Å². The summed E-state index contributed by atoms with van der Waals surface area (Å²) in [6.45, 7) is 5.35. The number of hydrogen-bond acceptors (Lipinski definition) is 2. The minimum Gasteiger partial charge on any atom is -0.376 e. The molecule has 2 aromatic rings. The Hall–Kier alpha value is -2.73. The topological polar surface area (TPSA) is 58.4 Å². The van der Waals surface area contributed by atoms with Crippen molar-refractivity contribution in [1.29, 1.82) is 0 Å². The van der Waals surface area contributed by atoms with Gasteiger partial charge in [0.15, 0.2) is 5.11 Å². The number of benzene rings is 2. The summed E-state index contributed by atoms with van der Waals surface area (Å²) in [4.78, 5) is 14.4. The number of amides is 1. The Morgan fingerprint density at radius 3 is 2.52 bits per heavy atom. The highest BCUT2D eigenvalue weighted by atomic mass is 32.1. The molecule has 1 aliphatic rings. The van der Waals surface area contributed by atoms with Crippen molar-refractivity contribution >= 4 is 34.5 Å². The molecule has 0 atom stereocenters. The van der Waals surface area contributed by atoms with E-state index in [1.165, 1.54) is 17.2 Å². The van der Waals surface area contributed by atoms with Crippen LogP contribution in [0, 0.1) is 12.7 Å². The van der Waals surface area contributed by atoms with Crippen LogP contribution in [0.15, 0.2) is 48.0 Å². The van der Waals surface area contributed by atoms with Gasteiger partial charge in [0.1, 0.15) is 5.82 Å². The van der Waals surface area contributed by atoms with Gasteiger partial charge >= 0.3 is 0 Å². The zero-order valence-corrected chi connectivity index (χ0v) is 16.2. The lowest BCUT2D eigenvalue weighted by Crippen LogP contribution is -2.39. The van der Waals surface area contributed by atoms with E-state index in [-0.39, 0.29) is 5.56 Å². The molecular weight excluding hydrogens is 361 g/mol. The van der Waals surface area contributed by atoms with Crippen molar-refractivity contribution in [1.82, 2.24) is 4.90 Å². The van der Waals surface area contributed by atoms with Gasteiger partial charge in [-0.1, -0.05) is 29.8 Å². The quantitative estimate of drug-likeness (QED) is 0.783. The molecule has 6 heteroatoms. The van der Waals surface area contributed by atoms with Gasteiger partial charge in [0.2, 0.25) is 0 Å². The predicted molar refractivity (Wildman–Crippen MR) is 111 cm³/mol. The molecule has 0 aliphatic carbocycles. The molecule has 0 saturated carbocycles. The van der Waals surface area contributed by atoms with Gasteiger partial charge in [0.05, 0.1) is 5.56 Å². The monoisotopic (exact) mass is 383 g/mol. The normalized spacial score (nSPS) is 14.3. The first-order valence-corrected chi connectivity index (χ1v) is 9.17. The Kier molecular flexibility index (Phi) is 5.56. The van der Waals surface area contributed by atoms with Crippen molar-refractivity contribution in [3.63, 3.8) is 0 Å². The van der Waals surface area contributed by atoms with Crippen molar-refractivity contribution in [2.75, 3.05) is 18.4 Å². The second-order valence-electron chi connectivity index (χ2n) is 6.73. The number of rotatable bonds is 3. The number of nitrogens with zero attached hydrogens (tertiary/aromatic N) is 1. The zero-order valence-electron chi connectivity index (χ0n) is 15.4. The van der Waals surface area contributed by atoms with Crippen LogP contribution in [0.3, 0.4) is 0 Å². The number of aryl methyl sites for hydroxylation is 1. The highest BCUT2D eigenvalue weighted by Crippen LogP contribution is 2.27. The minimum absolute atomic E-state index is 0.0690. The molecule has 4 nitrogen and oxygen atoms in total. The largest absolute Gasteiger partial charge is 0.376 e. The molecule has 0 saturated heterocycles. The molecule has 1 amide bonds. The number of carbonyl (C=O) groups is 1. The lowest BCUT2D eigenvalue weighted by atomic mass is 9.95. The summed E-state index contributed by atoms with van der Waals surface area (Å²) in [5.41, 5.74) is 10.6. The van der Waals surface area contributed by atoms with Crippen LogP contribution in [-0.2, 0) is 0 Å². The molecule has 0 aromatic heterocycles. The second-order valence-corrected chi connectivity index (χ2v) is 7.15. The Morgan fingerprint density at radius 1 is 1.19 bits per heavy atom. The Morgan fingerprint density at radius 2 is 1.89 bits per heavy atom. The average Bonchev–Trinajstić information content (AvgIpc) is 2.62. The fourth-order valence-corrected chi connectivity index (χ4v) is 3.41. The fraction of sp³-hybridized carbons (Fsp3) is 0.238. The maximum atomic E-state index is 14.0. The van der Waals surface area contributed by atoms with E-state index in [0.717, 1.165) is 18.5 Å². The number of nitrogens with two attached hydrogens (primary N) is 1. The third-order valence-corrected chi connectivity index (χ3v) is 5.13. The third kappa shape index (κ3) is 4.17. The van der Waals surface area contributed by atoms with Gasteiger partial charge in [-0.05, 0) is 67.4 Å². The summed E-state index contributed by atoms with van der Waals surface area (Å²) in [6.07, 6.45) is 0.914. The Balaban J connectivity index is 1.78. The first-order chi connectivity index (χ1) is 12.9. The van der Waals surface area contributed by atoms with E-state index in [1.807, 2.05) is 29.2 Å². The van der Waals surface area contributed by atoms with Crippen LogP contribution in [0.2, 0.25) is 0 Å². The molecule has 0 unspecified atom stereocenters. The zero-order chi connectivity index (χ0) is 19.6. The fourth-order valence-electron chi connectivity index (χ4n) is 3.25. The van der Waals surface area contributed by atoms with E-state index in [4.69, 9.17) is 18.0 Å². The molecule has 0 spiro atoms. The van der Waals surface area contributed by atoms with Crippen molar-refractivity contribution in [3.05, 3.63) is 70.5 Å². The minimum atomic E-state index is -0.523. The summed E-state index contributed by atoms with van der Waals surface area (Å²) in [5, 5.41) is 3.17. The number of anilines is 1. The molecule has 27 heavy (non-hydrogen) atoms. The van der Waals surface area contributed by atoms with Crippen LogP contribution in [0.5, 0.6) is 0 Å². The lowest BCUT2D eigenvalue weighted by molar-refractivity contribution is 0.102. The van der Waals surface area contributed by atoms with Gasteiger partial charge in [-0.15, -0.1) is 0 Å². The standard InChI is InChI=1S/C21H22FN3OS/c1-13-10-11-25(21(23)27)12-17(13)15-6-8-16(9-7-15)24-20(26)19-14(2)4-3-5-18(19)22/h3-9H,10-12H2,1-2H3,(H2,23,27)(H,24,26). The summed E-state index contributed by atoms with van der Waals surface area (Å²) in [7, 11) is 0. The van der Waals surface area contributed by atoms with E-state index in [1.54, 1.807) is 19.1 Å².